The number of hydrogen-bond donors (Lipinski definition) is 0. The number of hydrogen-bond acceptors (Lipinski definition) is 1. The Bertz CT molecular complexity index is 399. The second-order valence-electron chi connectivity index (χ2n) is 3.73. The van der Waals surface area contributed by atoms with Gasteiger partial charge in [0.15, 0.2) is 5.78 Å². The molecule has 1 aromatic carbocycles. The van der Waals surface area contributed by atoms with Crippen molar-refractivity contribution in [2.75, 3.05) is 0 Å². The van der Waals surface area contributed by atoms with Crippen molar-refractivity contribution < 1.29 is 4.79 Å². The molecular weight excluding hydrogens is 208 g/mol. The summed E-state index contributed by atoms with van der Waals surface area (Å²) in [6, 6.07) is 9.33. The number of unbranched alkanes of at least 4 members (excludes halogenated alkanes) is 2. The van der Waals surface area contributed by atoms with Gasteiger partial charge in [-0.05, 0) is 25.3 Å². The Hall–Kier alpha value is -1.89. The summed E-state index contributed by atoms with van der Waals surface area (Å²) in [5.74, 6) is 0.0761. The molecule has 0 radical (unpaired) electrons. The topological polar surface area (TPSA) is 17.1 Å². The maximum absolute atomic E-state index is 11.7. The summed E-state index contributed by atoms with van der Waals surface area (Å²) in [5.41, 5.74) is 0.746. The van der Waals surface area contributed by atoms with E-state index in [-0.39, 0.29) is 5.78 Å². The molecule has 0 unspecified atom stereocenters. The molecule has 0 bridgehead atoms. The van der Waals surface area contributed by atoms with Crippen LogP contribution in [0.4, 0.5) is 0 Å². The molecule has 1 heteroatoms. The van der Waals surface area contributed by atoms with Gasteiger partial charge in [0.1, 0.15) is 0 Å². The van der Waals surface area contributed by atoms with Crippen molar-refractivity contribution in [2.45, 2.75) is 19.3 Å². The van der Waals surface area contributed by atoms with Gasteiger partial charge in [-0.15, -0.1) is 0 Å². The van der Waals surface area contributed by atoms with Crippen LogP contribution in [-0.4, -0.2) is 5.78 Å². The van der Waals surface area contributed by atoms with Crippen LogP contribution < -0.4 is 0 Å². The predicted molar refractivity (Wildman–Crippen MR) is 73.1 cm³/mol. The lowest BCUT2D eigenvalue weighted by Crippen LogP contribution is -1.92. The number of carbonyl (C=O) groups is 1. The van der Waals surface area contributed by atoms with E-state index in [9.17, 15) is 4.79 Å². The van der Waals surface area contributed by atoms with Crippen LogP contribution in [0.1, 0.15) is 29.6 Å². The summed E-state index contributed by atoms with van der Waals surface area (Å²) in [5, 5.41) is 0. The molecule has 0 aliphatic heterocycles. The van der Waals surface area contributed by atoms with Crippen LogP contribution in [-0.2, 0) is 0 Å². The highest BCUT2D eigenvalue weighted by atomic mass is 16.1. The average molecular weight is 226 g/mol. The van der Waals surface area contributed by atoms with Crippen LogP contribution in [0.3, 0.4) is 0 Å². The minimum absolute atomic E-state index is 0.0761. The summed E-state index contributed by atoms with van der Waals surface area (Å²) < 4.78 is 0. The summed E-state index contributed by atoms with van der Waals surface area (Å²) in [6.45, 7) is 3.61. The van der Waals surface area contributed by atoms with Crippen molar-refractivity contribution in [2.24, 2.45) is 0 Å². The van der Waals surface area contributed by atoms with Crippen molar-refractivity contribution >= 4 is 5.78 Å². The molecule has 0 fully saturated rings. The molecule has 1 nitrogen and oxygen atoms in total. The van der Waals surface area contributed by atoms with E-state index in [1.807, 2.05) is 42.5 Å². The van der Waals surface area contributed by atoms with E-state index < -0.39 is 0 Å². The fraction of sp³-hybridized carbons (Fsp3) is 0.188. The number of benzene rings is 1. The van der Waals surface area contributed by atoms with Gasteiger partial charge >= 0.3 is 0 Å². The summed E-state index contributed by atoms with van der Waals surface area (Å²) in [4.78, 5) is 11.7. The Morgan fingerprint density at radius 2 is 1.82 bits per heavy atom. The standard InChI is InChI=1S/C16H18O/c1-2-3-4-5-6-7-11-14-16(17)15-12-9-8-10-13-15/h2-4,8-14H,1,5-7H2. The second kappa shape index (κ2) is 8.28. The van der Waals surface area contributed by atoms with Crippen molar-refractivity contribution in [3.63, 3.8) is 0 Å². The maximum atomic E-state index is 11.7. The molecule has 0 aromatic heterocycles. The smallest absolute Gasteiger partial charge is 0.185 e. The molecule has 1 rings (SSSR count). The van der Waals surface area contributed by atoms with E-state index in [0.29, 0.717) is 0 Å². The molecule has 0 saturated carbocycles. The molecule has 0 aliphatic carbocycles. The zero-order chi connectivity index (χ0) is 12.3. The lowest BCUT2D eigenvalue weighted by Gasteiger charge is -1.94. The minimum atomic E-state index is 0.0761. The normalized spacial score (nSPS) is 11.1. The fourth-order valence-corrected chi connectivity index (χ4v) is 1.44. The molecule has 0 saturated heterocycles. The Morgan fingerprint density at radius 1 is 1.12 bits per heavy atom. The van der Waals surface area contributed by atoms with Gasteiger partial charge in [0, 0.05) is 5.56 Å². The van der Waals surface area contributed by atoms with E-state index in [4.69, 9.17) is 0 Å². The zero-order valence-corrected chi connectivity index (χ0v) is 10.0. The van der Waals surface area contributed by atoms with Crippen molar-refractivity contribution in [3.05, 3.63) is 72.9 Å². The highest BCUT2D eigenvalue weighted by molar-refractivity contribution is 6.04. The highest BCUT2D eigenvalue weighted by Crippen LogP contribution is 2.03. The second-order valence-corrected chi connectivity index (χ2v) is 3.73. The van der Waals surface area contributed by atoms with Gasteiger partial charge in [-0.2, -0.15) is 0 Å². The molecule has 0 amide bonds. The van der Waals surface area contributed by atoms with Crippen LogP contribution >= 0.6 is 0 Å². The zero-order valence-electron chi connectivity index (χ0n) is 10.0. The predicted octanol–water partition coefficient (Wildman–Crippen LogP) is 4.34. The molecule has 0 N–H and O–H groups in total. The van der Waals surface area contributed by atoms with Gasteiger partial charge in [-0.1, -0.05) is 61.2 Å². The van der Waals surface area contributed by atoms with E-state index >= 15 is 0 Å². The summed E-state index contributed by atoms with van der Waals surface area (Å²) in [6.07, 6.45) is 12.4. The first-order chi connectivity index (χ1) is 8.34. The van der Waals surface area contributed by atoms with Crippen LogP contribution in [0.2, 0.25) is 0 Å². The SMILES string of the molecule is C=CC=CCCCC=CC(=O)c1ccccc1. The lowest BCUT2D eigenvalue weighted by atomic mass is 10.1. The molecule has 0 atom stereocenters. The third-order valence-electron chi connectivity index (χ3n) is 2.34. The van der Waals surface area contributed by atoms with Gasteiger partial charge in [0.05, 0.1) is 0 Å². The minimum Gasteiger partial charge on any atom is -0.289 e. The monoisotopic (exact) mass is 226 g/mol. The van der Waals surface area contributed by atoms with Crippen LogP contribution in [0, 0.1) is 0 Å². The van der Waals surface area contributed by atoms with E-state index in [1.165, 1.54) is 0 Å². The molecule has 0 spiro atoms. The number of rotatable bonds is 7. The molecule has 0 heterocycles. The number of carbonyl (C=O) groups excluding carboxylic acids is 1. The van der Waals surface area contributed by atoms with Crippen LogP contribution in [0.25, 0.3) is 0 Å². The first-order valence-corrected chi connectivity index (χ1v) is 5.88. The van der Waals surface area contributed by atoms with Crippen LogP contribution in [0.15, 0.2) is 67.3 Å². The third kappa shape index (κ3) is 5.67. The van der Waals surface area contributed by atoms with E-state index in [2.05, 4.69) is 12.7 Å². The highest BCUT2D eigenvalue weighted by Gasteiger charge is 1.97. The Balaban J connectivity index is 2.27. The Labute approximate surface area is 103 Å². The van der Waals surface area contributed by atoms with Crippen LogP contribution in [0.5, 0.6) is 0 Å². The third-order valence-corrected chi connectivity index (χ3v) is 2.34. The largest absolute Gasteiger partial charge is 0.289 e. The summed E-state index contributed by atoms with van der Waals surface area (Å²) in [7, 11) is 0. The van der Waals surface area contributed by atoms with Gasteiger partial charge in [0.2, 0.25) is 0 Å². The Morgan fingerprint density at radius 3 is 2.53 bits per heavy atom. The molecular formula is C16H18O. The molecule has 17 heavy (non-hydrogen) atoms. The maximum Gasteiger partial charge on any atom is 0.185 e. The number of allylic oxidation sites excluding steroid dienone is 5. The van der Waals surface area contributed by atoms with Crippen molar-refractivity contribution in [1.82, 2.24) is 0 Å². The van der Waals surface area contributed by atoms with Gasteiger partial charge in [-0.3, -0.25) is 4.79 Å². The van der Waals surface area contributed by atoms with Crippen molar-refractivity contribution in [1.29, 1.82) is 0 Å². The molecule has 88 valence electrons. The van der Waals surface area contributed by atoms with Gasteiger partial charge in [0.25, 0.3) is 0 Å². The quantitative estimate of drug-likeness (QED) is 0.292. The van der Waals surface area contributed by atoms with E-state index in [0.717, 1.165) is 24.8 Å². The molecule has 1 aromatic rings. The summed E-state index contributed by atoms with van der Waals surface area (Å²) >= 11 is 0. The fourth-order valence-electron chi connectivity index (χ4n) is 1.44. The van der Waals surface area contributed by atoms with Crippen molar-refractivity contribution in [3.8, 4) is 0 Å². The number of ketones is 1. The van der Waals surface area contributed by atoms with E-state index in [1.54, 1.807) is 12.2 Å². The van der Waals surface area contributed by atoms with Gasteiger partial charge in [-0.25, -0.2) is 0 Å². The van der Waals surface area contributed by atoms with Gasteiger partial charge < -0.3 is 0 Å². The average Bonchev–Trinajstić information content (AvgIpc) is 2.38. The lowest BCUT2D eigenvalue weighted by molar-refractivity contribution is 0.104. The molecule has 0 aliphatic rings. The Kier molecular flexibility index (Phi) is 6.42. The first-order valence-electron chi connectivity index (χ1n) is 5.88. The first kappa shape index (κ1) is 13.2.